The van der Waals surface area contributed by atoms with Gasteiger partial charge >= 0.3 is 6.03 Å². The number of halogens is 5. The van der Waals surface area contributed by atoms with Gasteiger partial charge in [-0.2, -0.15) is 0 Å². The van der Waals surface area contributed by atoms with E-state index in [2.05, 4.69) is 38.2 Å². The molecule has 6 nitrogen and oxygen atoms in total. The number of alkyl halides is 1. The van der Waals surface area contributed by atoms with E-state index in [1.807, 2.05) is 11.0 Å². The normalized spacial score (nSPS) is 23.0. The van der Waals surface area contributed by atoms with E-state index in [9.17, 15) is 9.59 Å². The maximum absolute atomic E-state index is 12.8. The highest BCUT2D eigenvalue weighted by molar-refractivity contribution is 14.1. The number of allylic oxidation sites excluding steroid dienone is 4. The quantitative estimate of drug-likeness (QED) is 0.270. The monoisotopic (exact) mass is 584 g/mol. The van der Waals surface area contributed by atoms with Crippen LogP contribution in [-0.2, 0) is 4.79 Å². The average molecular weight is 586 g/mol. The van der Waals surface area contributed by atoms with Gasteiger partial charge in [-0.25, -0.2) is 9.78 Å². The summed E-state index contributed by atoms with van der Waals surface area (Å²) in [4.78, 5) is 31.2. The average Bonchev–Trinajstić information content (AvgIpc) is 2.99. The first-order chi connectivity index (χ1) is 13.8. The van der Waals surface area contributed by atoms with Gasteiger partial charge in [0.1, 0.15) is 5.02 Å². The Kier molecular flexibility index (Phi) is 6.05. The summed E-state index contributed by atoms with van der Waals surface area (Å²) in [6.07, 6.45) is 7.34. The van der Waals surface area contributed by atoms with Gasteiger partial charge < -0.3 is 10.2 Å². The molecule has 152 valence electrons. The molecule has 0 radical (unpaired) electrons. The molecule has 0 saturated carbocycles. The number of urea groups is 1. The Labute approximate surface area is 200 Å². The molecular formula is C18H13Cl4IN4O2. The van der Waals surface area contributed by atoms with Crippen LogP contribution in [0.1, 0.15) is 12.8 Å². The molecule has 4 rings (SSSR count). The second kappa shape index (κ2) is 8.26. The Hall–Kier alpha value is -1.000. The van der Waals surface area contributed by atoms with Crippen molar-refractivity contribution >= 4 is 86.8 Å². The van der Waals surface area contributed by atoms with E-state index in [0.717, 1.165) is 24.1 Å². The van der Waals surface area contributed by atoms with Crippen LogP contribution in [0.25, 0.3) is 0 Å². The van der Waals surface area contributed by atoms with Gasteiger partial charge in [-0.1, -0.05) is 81.1 Å². The lowest BCUT2D eigenvalue weighted by Crippen LogP contribution is -2.35. The predicted molar refractivity (Wildman–Crippen MR) is 123 cm³/mol. The Morgan fingerprint density at radius 2 is 1.93 bits per heavy atom. The van der Waals surface area contributed by atoms with Crippen molar-refractivity contribution in [3.05, 3.63) is 55.4 Å². The van der Waals surface area contributed by atoms with Crippen molar-refractivity contribution in [2.75, 3.05) is 11.9 Å². The van der Waals surface area contributed by atoms with Gasteiger partial charge in [-0.3, -0.25) is 10.1 Å². The molecule has 2 aliphatic heterocycles. The zero-order valence-corrected chi connectivity index (χ0v) is 19.8. The molecule has 1 fully saturated rings. The third-order valence-electron chi connectivity index (χ3n) is 4.87. The van der Waals surface area contributed by atoms with E-state index in [1.165, 1.54) is 0 Å². The molecule has 2 unspecified atom stereocenters. The number of carbonyl (C=O) groups excluding carboxylic acids is 2. The van der Waals surface area contributed by atoms with Crippen molar-refractivity contribution in [1.82, 2.24) is 15.2 Å². The van der Waals surface area contributed by atoms with Gasteiger partial charge in [-0.15, -0.1) is 0 Å². The van der Waals surface area contributed by atoms with E-state index in [1.54, 1.807) is 12.2 Å². The number of anilines is 1. The molecule has 29 heavy (non-hydrogen) atoms. The molecule has 11 heteroatoms. The second-order valence-corrected chi connectivity index (χ2v) is 9.61. The smallest absolute Gasteiger partial charge is 0.314 e. The van der Waals surface area contributed by atoms with Crippen LogP contribution in [0.3, 0.4) is 0 Å². The Morgan fingerprint density at radius 3 is 2.69 bits per heavy atom. The van der Waals surface area contributed by atoms with Crippen molar-refractivity contribution in [2.45, 2.75) is 16.8 Å². The maximum atomic E-state index is 12.8. The topological polar surface area (TPSA) is 74.3 Å². The fourth-order valence-corrected chi connectivity index (χ4v) is 5.51. The molecule has 2 N–H and O–H groups in total. The molecule has 1 saturated heterocycles. The summed E-state index contributed by atoms with van der Waals surface area (Å²) in [7, 11) is 0. The van der Waals surface area contributed by atoms with Crippen LogP contribution < -0.4 is 10.6 Å². The largest absolute Gasteiger partial charge is 0.324 e. The summed E-state index contributed by atoms with van der Waals surface area (Å²) in [5.41, 5.74) is 2.36. The highest BCUT2D eigenvalue weighted by atomic mass is 127. The van der Waals surface area contributed by atoms with Gasteiger partial charge in [0.25, 0.3) is 0 Å². The number of amides is 3. The zero-order chi connectivity index (χ0) is 20.9. The molecule has 3 heterocycles. The molecule has 0 spiro atoms. The third-order valence-corrected chi connectivity index (χ3v) is 7.76. The van der Waals surface area contributed by atoms with Crippen LogP contribution in [0.4, 0.5) is 10.6 Å². The van der Waals surface area contributed by atoms with Crippen molar-refractivity contribution in [3.8, 4) is 0 Å². The number of rotatable bonds is 2. The van der Waals surface area contributed by atoms with Gasteiger partial charge in [0.2, 0.25) is 5.91 Å². The van der Waals surface area contributed by atoms with E-state index in [-0.39, 0.29) is 41.8 Å². The number of aromatic nitrogens is 1. The molecular weight excluding hydrogens is 573 g/mol. The molecule has 0 bridgehead atoms. The summed E-state index contributed by atoms with van der Waals surface area (Å²) in [5, 5.41) is 5.24. The number of fused-ring (bicyclic) bond motifs is 2. The summed E-state index contributed by atoms with van der Waals surface area (Å²) >= 11 is 26.3. The highest BCUT2D eigenvalue weighted by Gasteiger charge is 2.44. The van der Waals surface area contributed by atoms with Crippen LogP contribution in [0, 0.1) is 5.92 Å². The molecule has 1 aliphatic carbocycles. The first-order valence-corrected chi connectivity index (χ1v) is 11.4. The van der Waals surface area contributed by atoms with Gasteiger partial charge in [0.05, 0.1) is 19.9 Å². The number of carbonyl (C=O) groups is 2. The van der Waals surface area contributed by atoms with Crippen LogP contribution in [0.15, 0.2) is 35.2 Å². The molecule has 0 aromatic carbocycles. The number of nitrogens with zero attached hydrogens (tertiary/aromatic N) is 2. The number of hydrogen-bond donors (Lipinski definition) is 2. The Bertz CT molecular complexity index is 1020. The summed E-state index contributed by atoms with van der Waals surface area (Å²) in [6.45, 7) is 0.697. The Morgan fingerprint density at radius 1 is 1.17 bits per heavy atom. The number of hydrogen-bond acceptors (Lipinski definition) is 3. The zero-order valence-electron chi connectivity index (χ0n) is 14.6. The first-order valence-electron chi connectivity index (χ1n) is 8.66. The van der Waals surface area contributed by atoms with Crippen molar-refractivity contribution in [3.63, 3.8) is 0 Å². The number of nitrogens with one attached hydrogen (secondary N) is 2. The summed E-state index contributed by atoms with van der Waals surface area (Å²) < 4.78 is 0.204. The highest BCUT2D eigenvalue weighted by Crippen LogP contribution is 2.43. The van der Waals surface area contributed by atoms with Crippen LogP contribution in [0.5, 0.6) is 0 Å². The first kappa shape index (κ1) is 21.2. The fourth-order valence-electron chi connectivity index (χ4n) is 3.63. The SMILES string of the molecule is O=C(NC1=CC=CC2C(=O)N3CCCC(I)C3=C12)Nc1nc(Cl)c(Cl)c(Cl)c1Cl. The molecule has 3 amide bonds. The maximum Gasteiger partial charge on any atom is 0.324 e. The lowest BCUT2D eigenvalue weighted by molar-refractivity contribution is -0.129. The van der Waals surface area contributed by atoms with Crippen LogP contribution in [0.2, 0.25) is 20.2 Å². The van der Waals surface area contributed by atoms with Gasteiger partial charge in [-0.05, 0) is 18.9 Å². The van der Waals surface area contributed by atoms with Crippen molar-refractivity contribution in [1.29, 1.82) is 0 Å². The molecule has 1 aromatic heterocycles. The van der Waals surface area contributed by atoms with Gasteiger partial charge in [0.15, 0.2) is 11.0 Å². The van der Waals surface area contributed by atoms with E-state index >= 15 is 0 Å². The predicted octanol–water partition coefficient (Wildman–Crippen LogP) is 5.58. The minimum Gasteiger partial charge on any atom is -0.314 e. The van der Waals surface area contributed by atoms with E-state index in [0.29, 0.717) is 12.2 Å². The van der Waals surface area contributed by atoms with Crippen molar-refractivity contribution in [2.24, 2.45) is 5.92 Å². The van der Waals surface area contributed by atoms with Crippen LogP contribution >= 0.6 is 69.0 Å². The summed E-state index contributed by atoms with van der Waals surface area (Å²) in [5.74, 6) is -0.360. The summed E-state index contributed by atoms with van der Waals surface area (Å²) in [6, 6.07) is -0.589. The van der Waals surface area contributed by atoms with E-state index < -0.39 is 6.03 Å². The molecule has 3 aliphatic rings. The fraction of sp³-hybridized carbons (Fsp3) is 0.278. The third kappa shape index (κ3) is 3.76. The number of piperidine rings is 1. The van der Waals surface area contributed by atoms with Gasteiger partial charge in [0, 0.05) is 23.5 Å². The van der Waals surface area contributed by atoms with Crippen LogP contribution in [-0.4, -0.2) is 32.3 Å². The standard InChI is InChI=1S/C18H13Cl4IN4O2/c19-11-12(20)15(22)25-16(13(11)21)26-18(29)24-9-5-1-3-7-10(9)14-8(23)4-2-6-27(14)17(7)28/h1,3,5,7-8H,2,4,6H2,(H2,24,25,26,29). The minimum atomic E-state index is -0.589. The molecule has 1 aromatic rings. The van der Waals surface area contributed by atoms with E-state index in [4.69, 9.17) is 46.4 Å². The molecule has 2 atom stereocenters. The second-order valence-electron chi connectivity index (χ2n) is 6.61. The lowest BCUT2D eigenvalue weighted by Gasteiger charge is -2.30. The lowest BCUT2D eigenvalue weighted by atomic mass is 9.91. The number of pyridine rings is 1. The van der Waals surface area contributed by atoms with Crippen molar-refractivity contribution < 1.29 is 9.59 Å². The Balaban J connectivity index is 1.60. The minimum absolute atomic E-state index is 0.000402.